The predicted molar refractivity (Wildman–Crippen MR) is 98.2 cm³/mol. The minimum atomic E-state index is -0.765. The summed E-state index contributed by atoms with van der Waals surface area (Å²) in [5, 5.41) is 0. The van der Waals surface area contributed by atoms with Crippen molar-refractivity contribution in [3.8, 4) is 5.69 Å². The van der Waals surface area contributed by atoms with E-state index in [4.69, 9.17) is 9.47 Å². The van der Waals surface area contributed by atoms with Crippen LogP contribution in [0.5, 0.6) is 0 Å². The Labute approximate surface area is 152 Å². The van der Waals surface area contributed by atoms with E-state index in [1.165, 1.54) is 17.7 Å². The van der Waals surface area contributed by atoms with E-state index >= 15 is 0 Å². The third-order valence-electron chi connectivity index (χ3n) is 4.15. The van der Waals surface area contributed by atoms with Crippen molar-refractivity contribution in [3.63, 3.8) is 0 Å². The summed E-state index contributed by atoms with van der Waals surface area (Å²) in [6.07, 6.45) is 0. The number of aromatic nitrogens is 1. The molecule has 1 aromatic carbocycles. The summed E-state index contributed by atoms with van der Waals surface area (Å²) in [4.78, 5) is 37.5. The van der Waals surface area contributed by atoms with Crippen LogP contribution in [0.25, 0.3) is 5.69 Å². The summed E-state index contributed by atoms with van der Waals surface area (Å²) in [6.45, 7) is 7.45. The van der Waals surface area contributed by atoms with Crippen molar-refractivity contribution in [1.29, 1.82) is 0 Å². The number of carbonyl (C=O) groups excluding carboxylic acids is 2. The van der Waals surface area contributed by atoms with Gasteiger partial charge < -0.3 is 9.47 Å². The minimum absolute atomic E-state index is 0.127. The molecule has 0 saturated heterocycles. The van der Waals surface area contributed by atoms with Crippen molar-refractivity contribution in [2.75, 3.05) is 13.7 Å². The average Bonchev–Trinajstić information content (AvgIpc) is 2.61. The zero-order valence-electron chi connectivity index (χ0n) is 15.7. The molecule has 0 fully saturated rings. The van der Waals surface area contributed by atoms with Crippen LogP contribution in [-0.2, 0) is 9.47 Å². The molecule has 0 bridgehead atoms. The second-order valence-corrected chi connectivity index (χ2v) is 6.12. The molecule has 0 saturated carbocycles. The van der Waals surface area contributed by atoms with Crippen LogP contribution >= 0.6 is 0 Å². The SMILES string of the molecule is CCOC(=O)c1cc(C(=O)OC)c(C)n(-c2ccccc2C(C)C)c1=O. The zero-order valence-corrected chi connectivity index (χ0v) is 15.7. The highest BCUT2D eigenvalue weighted by atomic mass is 16.5. The van der Waals surface area contributed by atoms with Crippen molar-refractivity contribution in [3.05, 3.63) is 63.1 Å². The van der Waals surface area contributed by atoms with Gasteiger partial charge in [-0.3, -0.25) is 9.36 Å². The lowest BCUT2D eigenvalue weighted by atomic mass is 10.00. The Bertz CT molecular complexity index is 896. The van der Waals surface area contributed by atoms with Gasteiger partial charge in [0.15, 0.2) is 0 Å². The number of esters is 2. The molecular weight excluding hydrogens is 334 g/mol. The Morgan fingerprint density at radius 3 is 2.35 bits per heavy atom. The normalized spacial score (nSPS) is 10.7. The number of rotatable bonds is 5. The molecule has 0 aliphatic rings. The highest BCUT2D eigenvalue weighted by molar-refractivity contribution is 5.96. The van der Waals surface area contributed by atoms with E-state index in [0.29, 0.717) is 11.4 Å². The number of carbonyl (C=O) groups is 2. The first-order valence-corrected chi connectivity index (χ1v) is 8.44. The average molecular weight is 357 g/mol. The van der Waals surface area contributed by atoms with E-state index in [1.807, 2.05) is 32.0 Å². The molecule has 26 heavy (non-hydrogen) atoms. The van der Waals surface area contributed by atoms with E-state index in [1.54, 1.807) is 19.9 Å². The largest absolute Gasteiger partial charge is 0.465 e. The lowest BCUT2D eigenvalue weighted by Gasteiger charge is -2.19. The lowest BCUT2D eigenvalue weighted by Crippen LogP contribution is -2.30. The molecule has 0 N–H and O–H groups in total. The number of hydrogen-bond acceptors (Lipinski definition) is 5. The van der Waals surface area contributed by atoms with Crippen molar-refractivity contribution >= 4 is 11.9 Å². The van der Waals surface area contributed by atoms with E-state index in [2.05, 4.69) is 0 Å². The molecule has 2 rings (SSSR count). The predicted octanol–water partition coefficient (Wildman–Crippen LogP) is 3.23. The maximum absolute atomic E-state index is 13.1. The van der Waals surface area contributed by atoms with Gasteiger partial charge in [-0.1, -0.05) is 32.0 Å². The van der Waals surface area contributed by atoms with Gasteiger partial charge in [-0.25, -0.2) is 9.59 Å². The van der Waals surface area contributed by atoms with E-state index in [-0.39, 0.29) is 23.7 Å². The molecule has 6 nitrogen and oxygen atoms in total. The summed E-state index contributed by atoms with van der Waals surface area (Å²) in [5.41, 5.74) is 1.38. The monoisotopic (exact) mass is 357 g/mol. The smallest absolute Gasteiger partial charge is 0.343 e. The van der Waals surface area contributed by atoms with Crippen LogP contribution in [0.2, 0.25) is 0 Å². The first-order valence-electron chi connectivity index (χ1n) is 8.44. The molecule has 0 aliphatic heterocycles. The quantitative estimate of drug-likeness (QED) is 0.768. The zero-order chi connectivity index (χ0) is 19.4. The van der Waals surface area contributed by atoms with Gasteiger partial charge in [0.25, 0.3) is 5.56 Å². The molecule has 0 amide bonds. The summed E-state index contributed by atoms with van der Waals surface area (Å²) in [6, 6.07) is 8.65. The third-order valence-corrected chi connectivity index (χ3v) is 4.15. The number of para-hydroxylation sites is 1. The van der Waals surface area contributed by atoms with Gasteiger partial charge in [0.05, 0.1) is 25.0 Å². The second-order valence-electron chi connectivity index (χ2n) is 6.12. The first kappa shape index (κ1) is 19.4. The minimum Gasteiger partial charge on any atom is -0.465 e. The Balaban J connectivity index is 2.89. The maximum Gasteiger partial charge on any atom is 0.343 e. The van der Waals surface area contributed by atoms with Crippen molar-refractivity contribution in [2.24, 2.45) is 0 Å². The van der Waals surface area contributed by atoms with Crippen LogP contribution in [0.3, 0.4) is 0 Å². The molecular formula is C20H23NO5. The Morgan fingerprint density at radius 2 is 1.77 bits per heavy atom. The van der Waals surface area contributed by atoms with Gasteiger partial charge in [0.2, 0.25) is 0 Å². The molecule has 0 unspecified atom stereocenters. The Morgan fingerprint density at radius 1 is 1.12 bits per heavy atom. The van der Waals surface area contributed by atoms with Gasteiger partial charge in [0.1, 0.15) is 5.56 Å². The molecule has 6 heteroatoms. The van der Waals surface area contributed by atoms with Crippen molar-refractivity contribution < 1.29 is 19.1 Å². The molecule has 1 heterocycles. The van der Waals surface area contributed by atoms with Gasteiger partial charge in [-0.2, -0.15) is 0 Å². The van der Waals surface area contributed by atoms with E-state index in [9.17, 15) is 14.4 Å². The first-order chi connectivity index (χ1) is 12.3. The summed E-state index contributed by atoms with van der Waals surface area (Å²) >= 11 is 0. The Hall–Kier alpha value is -2.89. The summed E-state index contributed by atoms with van der Waals surface area (Å²) in [7, 11) is 1.25. The van der Waals surface area contributed by atoms with Crippen LogP contribution in [0.1, 0.15) is 58.7 Å². The van der Waals surface area contributed by atoms with E-state index in [0.717, 1.165) is 5.56 Å². The van der Waals surface area contributed by atoms with Crippen LogP contribution in [0.15, 0.2) is 35.1 Å². The summed E-state index contributed by atoms with van der Waals surface area (Å²) < 4.78 is 11.2. The van der Waals surface area contributed by atoms with Gasteiger partial charge in [-0.05, 0) is 37.5 Å². The van der Waals surface area contributed by atoms with Crippen LogP contribution < -0.4 is 5.56 Å². The third kappa shape index (κ3) is 3.54. The highest BCUT2D eigenvalue weighted by Crippen LogP contribution is 2.24. The van der Waals surface area contributed by atoms with Gasteiger partial charge in [0, 0.05) is 5.69 Å². The van der Waals surface area contributed by atoms with Crippen molar-refractivity contribution in [2.45, 2.75) is 33.6 Å². The fourth-order valence-corrected chi connectivity index (χ4v) is 2.84. The topological polar surface area (TPSA) is 74.6 Å². The standard InChI is InChI=1S/C20H23NO5/c1-6-26-20(24)16-11-15(19(23)25-5)13(4)21(18(16)22)17-10-8-7-9-14(17)12(2)3/h7-12H,6H2,1-5H3. The van der Waals surface area contributed by atoms with Gasteiger partial charge in [-0.15, -0.1) is 0 Å². The van der Waals surface area contributed by atoms with Gasteiger partial charge >= 0.3 is 11.9 Å². The van der Waals surface area contributed by atoms with Crippen LogP contribution in [0, 0.1) is 6.92 Å². The number of methoxy groups -OCH3 is 1. The number of nitrogens with zero attached hydrogens (tertiary/aromatic N) is 1. The second kappa shape index (κ2) is 7.99. The van der Waals surface area contributed by atoms with Crippen LogP contribution in [-0.4, -0.2) is 30.2 Å². The summed E-state index contributed by atoms with van der Waals surface area (Å²) in [5.74, 6) is -1.24. The number of benzene rings is 1. The molecule has 2 aromatic rings. The maximum atomic E-state index is 13.1. The van der Waals surface area contributed by atoms with E-state index < -0.39 is 17.5 Å². The molecule has 0 atom stereocenters. The fourth-order valence-electron chi connectivity index (χ4n) is 2.84. The molecule has 0 aliphatic carbocycles. The van der Waals surface area contributed by atoms with Crippen molar-refractivity contribution in [1.82, 2.24) is 4.57 Å². The molecule has 138 valence electrons. The fraction of sp³-hybridized carbons (Fsp3) is 0.350. The highest BCUT2D eigenvalue weighted by Gasteiger charge is 2.24. The number of pyridine rings is 1. The molecule has 1 aromatic heterocycles. The lowest BCUT2D eigenvalue weighted by molar-refractivity contribution is 0.0523. The molecule has 0 radical (unpaired) electrons. The number of hydrogen-bond donors (Lipinski definition) is 0. The number of ether oxygens (including phenoxy) is 2. The Kier molecular flexibility index (Phi) is 5.97. The molecule has 0 spiro atoms. The van der Waals surface area contributed by atoms with Crippen LogP contribution in [0.4, 0.5) is 0 Å².